The van der Waals surface area contributed by atoms with Crippen molar-refractivity contribution in [1.82, 2.24) is 10.5 Å². The first kappa shape index (κ1) is 19.6. The summed E-state index contributed by atoms with van der Waals surface area (Å²) < 4.78 is 52.2. The maximum absolute atomic E-state index is 12.2. The molecule has 1 unspecified atom stereocenters. The van der Waals surface area contributed by atoms with Crippen molar-refractivity contribution in [3.63, 3.8) is 0 Å². The van der Waals surface area contributed by atoms with Crippen LogP contribution in [0.5, 0.6) is 0 Å². The minimum absolute atomic E-state index is 0.0389. The van der Waals surface area contributed by atoms with Crippen molar-refractivity contribution in [2.24, 2.45) is 0 Å². The minimum Gasteiger partial charge on any atom is -0.355 e. The molecule has 0 aliphatic carbocycles. The third-order valence-corrected chi connectivity index (χ3v) is 7.99. The van der Waals surface area contributed by atoms with E-state index < -0.39 is 31.6 Å². The molecule has 3 rings (SSSR count). The number of hydrogen-bond acceptors (Lipinski definition) is 7. The largest absolute Gasteiger partial charge is 0.355 e. The highest BCUT2D eigenvalue weighted by Gasteiger charge is 2.29. The molecule has 1 fully saturated rings. The van der Waals surface area contributed by atoms with Crippen LogP contribution in [-0.2, 0) is 19.7 Å². The molecule has 146 valence electrons. The Morgan fingerprint density at radius 1 is 1.30 bits per heavy atom. The number of benzene rings is 1. The zero-order valence-electron chi connectivity index (χ0n) is 14.7. The van der Waals surface area contributed by atoms with Crippen molar-refractivity contribution < 1.29 is 26.2 Å². The Labute approximate surface area is 157 Å². The van der Waals surface area contributed by atoms with Gasteiger partial charge in [0.05, 0.1) is 22.2 Å². The molecule has 1 amide bonds. The SMILES string of the molecule is CCCS(=O)(=O)c1ccc(-c2cc(C(=O)NC3CCS(=O)(=O)C3)no2)cc1. The van der Waals surface area contributed by atoms with Gasteiger partial charge in [0.15, 0.2) is 31.1 Å². The van der Waals surface area contributed by atoms with Gasteiger partial charge in [-0.1, -0.05) is 12.1 Å². The van der Waals surface area contributed by atoms with Crippen LogP contribution in [0.1, 0.15) is 30.3 Å². The van der Waals surface area contributed by atoms with Gasteiger partial charge in [-0.15, -0.1) is 0 Å². The molecule has 0 bridgehead atoms. The normalized spacial score (nSPS) is 19.1. The Bertz CT molecular complexity index is 1040. The maximum Gasteiger partial charge on any atom is 0.273 e. The second-order valence-electron chi connectivity index (χ2n) is 6.49. The Morgan fingerprint density at radius 3 is 2.59 bits per heavy atom. The topological polar surface area (TPSA) is 123 Å². The molecule has 1 aliphatic rings. The summed E-state index contributed by atoms with van der Waals surface area (Å²) in [5.41, 5.74) is 0.623. The molecule has 0 saturated carbocycles. The second kappa shape index (κ2) is 7.43. The molecule has 1 N–H and O–H groups in total. The molecule has 0 spiro atoms. The quantitative estimate of drug-likeness (QED) is 0.761. The number of carbonyl (C=O) groups is 1. The minimum atomic E-state index is -3.30. The predicted molar refractivity (Wildman–Crippen MR) is 98.8 cm³/mol. The summed E-state index contributed by atoms with van der Waals surface area (Å²) >= 11 is 0. The fraction of sp³-hybridized carbons (Fsp3) is 0.412. The summed E-state index contributed by atoms with van der Waals surface area (Å²) in [7, 11) is -6.39. The Balaban J connectivity index is 1.71. The van der Waals surface area contributed by atoms with Crippen LogP contribution in [-0.4, -0.2) is 51.2 Å². The van der Waals surface area contributed by atoms with Crippen molar-refractivity contribution in [3.05, 3.63) is 36.0 Å². The summed E-state index contributed by atoms with van der Waals surface area (Å²) in [6.07, 6.45) is 0.916. The lowest BCUT2D eigenvalue weighted by Gasteiger charge is -2.08. The van der Waals surface area contributed by atoms with E-state index in [0.717, 1.165) is 0 Å². The lowest BCUT2D eigenvalue weighted by atomic mass is 10.1. The number of aromatic nitrogens is 1. The van der Waals surface area contributed by atoms with Crippen LogP contribution in [0.4, 0.5) is 0 Å². The van der Waals surface area contributed by atoms with Crippen molar-refractivity contribution in [2.45, 2.75) is 30.7 Å². The summed E-state index contributed by atoms with van der Waals surface area (Å²) in [6.45, 7) is 1.80. The van der Waals surface area contributed by atoms with Gasteiger partial charge in [0, 0.05) is 17.7 Å². The monoisotopic (exact) mass is 412 g/mol. The molecular weight excluding hydrogens is 392 g/mol. The van der Waals surface area contributed by atoms with E-state index in [4.69, 9.17) is 4.52 Å². The fourth-order valence-electron chi connectivity index (χ4n) is 2.90. The molecule has 10 heteroatoms. The summed E-state index contributed by atoms with van der Waals surface area (Å²) in [5.74, 6) is -0.115. The number of nitrogens with one attached hydrogen (secondary N) is 1. The number of carbonyl (C=O) groups excluding carboxylic acids is 1. The van der Waals surface area contributed by atoms with Gasteiger partial charge in [0.1, 0.15) is 0 Å². The highest BCUT2D eigenvalue weighted by molar-refractivity contribution is 7.91. The lowest BCUT2D eigenvalue weighted by Crippen LogP contribution is -2.35. The molecule has 2 heterocycles. The van der Waals surface area contributed by atoms with Crippen LogP contribution < -0.4 is 5.32 Å². The molecule has 1 aromatic carbocycles. The summed E-state index contributed by atoms with van der Waals surface area (Å²) in [5, 5.41) is 6.36. The van der Waals surface area contributed by atoms with E-state index in [9.17, 15) is 21.6 Å². The number of amides is 1. The number of sulfone groups is 2. The molecule has 1 aromatic heterocycles. The van der Waals surface area contributed by atoms with E-state index in [0.29, 0.717) is 24.2 Å². The van der Waals surface area contributed by atoms with Crippen molar-refractivity contribution in [1.29, 1.82) is 0 Å². The van der Waals surface area contributed by atoms with Gasteiger partial charge in [-0.3, -0.25) is 4.79 Å². The molecule has 0 radical (unpaired) electrons. The standard InChI is InChI=1S/C17H20N2O6S2/c1-2-8-27(23,24)14-5-3-12(4-6-14)16-10-15(19-25-16)17(20)18-13-7-9-26(21,22)11-13/h3-6,10,13H,2,7-9,11H2,1H3,(H,18,20). The first-order valence-corrected chi connectivity index (χ1v) is 12.0. The first-order valence-electron chi connectivity index (χ1n) is 8.51. The lowest BCUT2D eigenvalue weighted by molar-refractivity contribution is 0.0932. The second-order valence-corrected chi connectivity index (χ2v) is 10.8. The molecule has 27 heavy (non-hydrogen) atoms. The van der Waals surface area contributed by atoms with Crippen LogP contribution in [0.3, 0.4) is 0 Å². The van der Waals surface area contributed by atoms with E-state index in [1.807, 2.05) is 0 Å². The van der Waals surface area contributed by atoms with Gasteiger partial charge in [-0.2, -0.15) is 0 Å². The highest BCUT2D eigenvalue weighted by Crippen LogP contribution is 2.23. The van der Waals surface area contributed by atoms with Crippen molar-refractivity contribution in [3.8, 4) is 11.3 Å². The smallest absolute Gasteiger partial charge is 0.273 e. The van der Waals surface area contributed by atoms with Gasteiger partial charge in [-0.05, 0) is 37.1 Å². The Hall–Kier alpha value is -2.20. The molecule has 8 nitrogen and oxygen atoms in total. The molecule has 2 aromatic rings. The van der Waals surface area contributed by atoms with E-state index in [-0.39, 0.29) is 27.8 Å². The van der Waals surface area contributed by atoms with Crippen molar-refractivity contribution >= 4 is 25.6 Å². The van der Waals surface area contributed by atoms with E-state index >= 15 is 0 Å². The van der Waals surface area contributed by atoms with Crippen LogP contribution >= 0.6 is 0 Å². The molecule has 1 atom stereocenters. The van der Waals surface area contributed by atoms with Crippen LogP contribution in [0, 0.1) is 0 Å². The summed E-state index contributed by atoms with van der Waals surface area (Å²) in [6, 6.07) is 7.18. The van der Waals surface area contributed by atoms with Crippen LogP contribution in [0.15, 0.2) is 39.8 Å². The van der Waals surface area contributed by atoms with Gasteiger partial charge in [0.2, 0.25) is 0 Å². The van der Waals surface area contributed by atoms with Crippen LogP contribution in [0.2, 0.25) is 0 Å². The number of hydrogen-bond donors (Lipinski definition) is 1. The Kier molecular flexibility index (Phi) is 5.38. The third kappa shape index (κ3) is 4.56. The van der Waals surface area contributed by atoms with E-state index in [1.54, 1.807) is 19.1 Å². The first-order chi connectivity index (χ1) is 12.7. The number of nitrogens with zero attached hydrogens (tertiary/aromatic N) is 1. The van der Waals surface area contributed by atoms with Gasteiger partial charge in [0.25, 0.3) is 5.91 Å². The Morgan fingerprint density at radius 2 is 2.00 bits per heavy atom. The van der Waals surface area contributed by atoms with E-state index in [1.165, 1.54) is 18.2 Å². The molecule has 1 saturated heterocycles. The fourth-order valence-corrected chi connectivity index (χ4v) is 5.90. The van der Waals surface area contributed by atoms with Gasteiger partial charge >= 0.3 is 0 Å². The van der Waals surface area contributed by atoms with Gasteiger partial charge in [-0.25, -0.2) is 16.8 Å². The van der Waals surface area contributed by atoms with Crippen LogP contribution in [0.25, 0.3) is 11.3 Å². The zero-order chi connectivity index (χ0) is 19.7. The third-order valence-electron chi connectivity index (χ3n) is 4.28. The molecular formula is C17H20N2O6S2. The number of rotatable bonds is 6. The predicted octanol–water partition coefficient (Wildman–Crippen LogP) is 1.44. The van der Waals surface area contributed by atoms with Crippen molar-refractivity contribution in [2.75, 3.05) is 17.3 Å². The maximum atomic E-state index is 12.2. The molecule has 1 aliphatic heterocycles. The van der Waals surface area contributed by atoms with E-state index in [2.05, 4.69) is 10.5 Å². The average Bonchev–Trinajstić information content (AvgIpc) is 3.22. The zero-order valence-corrected chi connectivity index (χ0v) is 16.3. The average molecular weight is 412 g/mol. The summed E-state index contributed by atoms with van der Waals surface area (Å²) in [4.78, 5) is 12.4. The highest BCUT2D eigenvalue weighted by atomic mass is 32.2. The van der Waals surface area contributed by atoms with Gasteiger partial charge < -0.3 is 9.84 Å².